The maximum Gasteiger partial charge on any atom is 0.272 e. The molecule has 0 radical (unpaired) electrons. The molecule has 12 nitrogen and oxygen atoms in total. The van der Waals surface area contributed by atoms with Gasteiger partial charge in [0.2, 0.25) is 5.91 Å². The summed E-state index contributed by atoms with van der Waals surface area (Å²) >= 11 is 0. The lowest BCUT2D eigenvalue weighted by Crippen LogP contribution is -2.50. The van der Waals surface area contributed by atoms with E-state index >= 15 is 0 Å². The highest BCUT2D eigenvalue weighted by Gasteiger charge is 2.30. The second-order valence-corrected chi connectivity index (χ2v) is 9.72. The summed E-state index contributed by atoms with van der Waals surface area (Å²) in [6.45, 7) is 1.75. The van der Waals surface area contributed by atoms with E-state index in [0.29, 0.717) is 28.5 Å². The number of rotatable bonds is 9. The second kappa shape index (κ2) is 10.0. The summed E-state index contributed by atoms with van der Waals surface area (Å²) in [5, 5.41) is 20.4. The molecule has 5 N–H and O–H groups in total. The number of ether oxygens (including phenoxy) is 1. The Balaban J connectivity index is 1.72. The van der Waals surface area contributed by atoms with Gasteiger partial charge in [0.25, 0.3) is 11.8 Å². The Morgan fingerprint density at radius 1 is 1.22 bits per heavy atom. The van der Waals surface area contributed by atoms with Crippen LogP contribution < -0.4 is 26.4 Å². The van der Waals surface area contributed by atoms with Crippen molar-refractivity contribution in [1.29, 1.82) is 0 Å². The van der Waals surface area contributed by atoms with Crippen molar-refractivity contribution >= 4 is 52.5 Å². The van der Waals surface area contributed by atoms with Gasteiger partial charge in [-0.3, -0.25) is 9.59 Å². The van der Waals surface area contributed by atoms with Crippen LogP contribution in [0.3, 0.4) is 0 Å². The van der Waals surface area contributed by atoms with E-state index in [1.54, 1.807) is 31.2 Å². The van der Waals surface area contributed by atoms with Crippen molar-refractivity contribution in [2.24, 2.45) is 11.7 Å². The smallest absolute Gasteiger partial charge is 0.272 e. The number of nitrogens with one attached hydrogen (secondary N) is 3. The fraction of sp³-hybridized carbons (Fsp3) is 0.333. The average molecular weight is 488 g/mol. The van der Waals surface area contributed by atoms with Crippen LogP contribution in [0.2, 0.25) is 0 Å². The summed E-state index contributed by atoms with van der Waals surface area (Å²) in [5.74, 6) is 0.670. The minimum absolute atomic E-state index is 0.0145. The van der Waals surface area contributed by atoms with E-state index in [4.69, 9.17) is 15.0 Å². The van der Waals surface area contributed by atoms with E-state index in [1.165, 1.54) is 7.11 Å². The molecular formula is C21H27B3N8O4. The normalized spacial score (nSPS) is 14.1. The van der Waals surface area contributed by atoms with E-state index < -0.39 is 17.2 Å². The molecule has 15 heteroatoms. The number of anilines is 3. The monoisotopic (exact) mass is 488 g/mol. The third-order valence-corrected chi connectivity index (χ3v) is 5.26. The maximum atomic E-state index is 13.0. The Bertz CT molecular complexity index is 1290. The van der Waals surface area contributed by atoms with Gasteiger partial charge in [0.15, 0.2) is 23.1 Å². The molecule has 1 aliphatic carbocycles. The maximum absolute atomic E-state index is 13.0. The van der Waals surface area contributed by atoms with Gasteiger partial charge < -0.3 is 30.9 Å². The van der Waals surface area contributed by atoms with Gasteiger partial charge in [-0.2, -0.15) is 4.98 Å². The van der Waals surface area contributed by atoms with E-state index in [-0.39, 0.29) is 29.2 Å². The molecule has 36 heavy (non-hydrogen) atoms. The highest BCUT2D eigenvalue weighted by atomic mass is 16.5. The van der Waals surface area contributed by atoms with Crippen LogP contribution in [-0.2, 0) is 4.79 Å². The number of aromatic nitrogens is 4. The van der Waals surface area contributed by atoms with Crippen molar-refractivity contribution in [3.8, 4) is 17.2 Å². The Kier molecular flexibility index (Phi) is 7.02. The van der Waals surface area contributed by atoms with Crippen molar-refractivity contribution in [3.63, 3.8) is 0 Å². The van der Waals surface area contributed by atoms with Crippen LogP contribution in [0.15, 0.2) is 28.8 Å². The fourth-order valence-corrected chi connectivity index (χ4v) is 3.39. The number of methoxy groups -OCH3 is 1. The molecule has 3 aromatic rings. The number of nitrogens with two attached hydrogens (primary N) is 1. The lowest BCUT2D eigenvalue weighted by Gasteiger charge is -2.21. The standard InChI is InChI=1S/C21H27B3N8O4/c1-9(25)17-28-20(36-32-17)11-4-3-5-12(16(11)35-2)26-13-8-14(27-18(33)10-6-7-10)30-31-15(13)19(34)29-21(22,23)24/h3-5,8-10H,6-7,22-25H2,1-2H3,(H,29,34)(H2,26,27,30,33)/t9-/m0/s1. The molecule has 2 aromatic heterocycles. The first-order valence-electron chi connectivity index (χ1n) is 11.6. The summed E-state index contributed by atoms with van der Waals surface area (Å²) in [5.41, 5.74) is 7.28. The van der Waals surface area contributed by atoms with Crippen molar-refractivity contribution in [1.82, 2.24) is 25.7 Å². The van der Waals surface area contributed by atoms with Crippen molar-refractivity contribution in [2.45, 2.75) is 31.0 Å². The Morgan fingerprint density at radius 2 is 1.97 bits per heavy atom. The van der Waals surface area contributed by atoms with Gasteiger partial charge in [0, 0.05) is 12.0 Å². The molecular weight excluding hydrogens is 461 g/mol. The van der Waals surface area contributed by atoms with Gasteiger partial charge in [-0.15, -0.1) is 10.2 Å². The first-order chi connectivity index (χ1) is 17.1. The minimum atomic E-state index is -0.498. The number of carbonyl (C=O) groups is 2. The largest absolute Gasteiger partial charge is 0.494 e. The van der Waals surface area contributed by atoms with Gasteiger partial charge in [-0.1, -0.05) is 11.2 Å². The molecule has 0 saturated heterocycles. The van der Waals surface area contributed by atoms with Crippen LogP contribution in [0, 0.1) is 5.92 Å². The van der Waals surface area contributed by atoms with Crippen LogP contribution in [0.1, 0.15) is 42.1 Å². The van der Waals surface area contributed by atoms with E-state index in [2.05, 4.69) is 36.3 Å². The number of benzene rings is 1. The quantitative estimate of drug-likeness (QED) is 0.271. The third-order valence-electron chi connectivity index (χ3n) is 5.26. The zero-order valence-corrected chi connectivity index (χ0v) is 20.9. The van der Waals surface area contributed by atoms with Crippen LogP contribution in [0.5, 0.6) is 5.75 Å². The Hall–Kier alpha value is -3.87. The van der Waals surface area contributed by atoms with Crippen molar-refractivity contribution in [3.05, 3.63) is 35.8 Å². The molecule has 1 atom stereocenters. The average Bonchev–Trinajstić information content (AvgIpc) is 3.54. The van der Waals surface area contributed by atoms with E-state index in [9.17, 15) is 9.59 Å². The van der Waals surface area contributed by atoms with Crippen molar-refractivity contribution in [2.75, 3.05) is 17.7 Å². The van der Waals surface area contributed by atoms with Crippen LogP contribution >= 0.6 is 0 Å². The first-order valence-corrected chi connectivity index (χ1v) is 11.6. The van der Waals surface area contributed by atoms with E-state index in [1.807, 2.05) is 23.5 Å². The molecule has 2 heterocycles. The fourth-order valence-electron chi connectivity index (χ4n) is 3.39. The molecule has 1 fully saturated rings. The number of para-hydroxylation sites is 1. The number of hydrogen-bond donors (Lipinski definition) is 4. The molecule has 0 aliphatic heterocycles. The Labute approximate surface area is 210 Å². The second-order valence-electron chi connectivity index (χ2n) is 9.72. The molecule has 1 aliphatic rings. The molecule has 1 aromatic carbocycles. The number of amides is 2. The predicted molar refractivity (Wildman–Crippen MR) is 141 cm³/mol. The lowest BCUT2D eigenvalue weighted by atomic mass is 9.49. The van der Waals surface area contributed by atoms with Gasteiger partial charge in [0.05, 0.1) is 30.1 Å². The molecule has 184 valence electrons. The molecule has 2 amide bonds. The zero-order valence-electron chi connectivity index (χ0n) is 20.9. The topological polar surface area (TPSA) is 170 Å². The number of hydrogen-bond acceptors (Lipinski definition) is 10. The van der Waals surface area contributed by atoms with Gasteiger partial charge in [0.1, 0.15) is 23.5 Å². The Morgan fingerprint density at radius 3 is 2.58 bits per heavy atom. The van der Waals surface area contributed by atoms with Gasteiger partial charge in [-0.25, -0.2) is 0 Å². The summed E-state index contributed by atoms with van der Waals surface area (Å²) in [7, 11) is 7.10. The summed E-state index contributed by atoms with van der Waals surface area (Å²) in [6.07, 6.45) is 1.70. The summed E-state index contributed by atoms with van der Waals surface area (Å²) in [4.78, 5) is 29.6. The molecule has 4 rings (SSSR count). The highest BCUT2D eigenvalue weighted by Crippen LogP contribution is 2.38. The molecule has 0 bridgehead atoms. The van der Waals surface area contributed by atoms with Crippen molar-refractivity contribution < 1.29 is 18.8 Å². The molecule has 1 saturated carbocycles. The first kappa shape index (κ1) is 25.2. The lowest BCUT2D eigenvalue weighted by molar-refractivity contribution is -0.117. The highest BCUT2D eigenvalue weighted by molar-refractivity contribution is 6.60. The summed E-state index contributed by atoms with van der Waals surface area (Å²) < 4.78 is 11.0. The number of nitrogens with zero attached hydrogens (tertiary/aromatic N) is 4. The van der Waals surface area contributed by atoms with Crippen LogP contribution in [-0.4, -0.2) is 68.0 Å². The molecule has 0 unspecified atom stereocenters. The predicted octanol–water partition coefficient (Wildman–Crippen LogP) is -1.11. The minimum Gasteiger partial charge on any atom is -0.494 e. The summed E-state index contributed by atoms with van der Waals surface area (Å²) in [6, 6.07) is 6.47. The van der Waals surface area contributed by atoms with E-state index in [0.717, 1.165) is 12.8 Å². The number of carbonyl (C=O) groups excluding carboxylic acids is 2. The van der Waals surface area contributed by atoms with Crippen LogP contribution in [0.4, 0.5) is 17.2 Å². The third kappa shape index (κ3) is 5.85. The van der Waals surface area contributed by atoms with Gasteiger partial charge in [-0.05, 0) is 37.1 Å². The van der Waals surface area contributed by atoms with Crippen LogP contribution in [0.25, 0.3) is 11.5 Å². The van der Waals surface area contributed by atoms with Gasteiger partial charge >= 0.3 is 0 Å². The zero-order chi connectivity index (χ0) is 26.0. The SMILES string of the molecule is BC(B)(B)NC(=O)c1nnc(NC(=O)C2CC2)cc1Nc1cccc(-c2nc([C@H](C)N)no2)c1OC. The molecule has 0 spiro atoms.